The van der Waals surface area contributed by atoms with E-state index in [4.69, 9.17) is 5.11 Å². The van der Waals surface area contributed by atoms with Crippen molar-refractivity contribution in [3.8, 4) is 28.3 Å². The second-order valence-corrected chi connectivity index (χ2v) is 8.73. The van der Waals surface area contributed by atoms with E-state index >= 15 is 0 Å². The van der Waals surface area contributed by atoms with E-state index in [1.54, 1.807) is 18.3 Å². The zero-order valence-corrected chi connectivity index (χ0v) is 19.9. The number of hydrogen-bond donors (Lipinski definition) is 2. The van der Waals surface area contributed by atoms with Crippen molar-refractivity contribution in [3.63, 3.8) is 0 Å². The maximum atomic E-state index is 13.7. The molecule has 0 bridgehead atoms. The summed E-state index contributed by atoms with van der Waals surface area (Å²) in [5.41, 5.74) is 3.36. The lowest BCUT2D eigenvalue weighted by atomic mass is 10.1. The van der Waals surface area contributed by atoms with Crippen molar-refractivity contribution in [1.29, 1.82) is 0 Å². The summed E-state index contributed by atoms with van der Waals surface area (Å²) >= 11 is 0. The number of halogens is 2. The molecule has 6 aromatic rings. The maximum absolute atomic E-state index is 13.7. The number of carboxylic acids is 1. The van der Waals surface area contributed by atoms with E-state index in [0.717, 1.165) is 34.7 Å². The predicted octanol–water partition coefficient (Wildman–Crippen LogP) is 4.06. The fourth-order valence-electron chi connectivity index (χ4n) is 4.20. The molecule has 0 aliphatic carbocycles. The molecule has 192 valence electrons. The summed E-state index contributed by atoms with van der Waals surface area (Å²) in [7, 11) is 0. The van der Waals surface area contributed by atoms with Crippen LogP contribution in [0.25, 0.3) is 39.2 Å². The van der Waals surface area contributed by atoms with Crippen LogP contribution in [0, 0.1) is 11.6 Å². The molecule has 6 rings (SSSR count). The molecule has 12 heteroatoms. The molecule has 0 saturated carbocycles. The third-order valence-corrected chi connectivity index (χ3v) is 6.10. The SMILES string of the molecule is O=C(O)c1ccc(-n2cc(-c3n[nH]c4ccc(Cn5nc(-c6cc(F)cc(F)c6)ccc5=O)cc34)nn2)cc1. The Morgan fingerprint density at radius 2 is 1.69 bits per heavy atom. The van der Waals surface area contributed by atoms with E-state index in [0.29, 0.717) is 17.1 Å². The van der Waals surface area contributed by atoms with Gasteiger partial charge in [0.1, 0.15) is 23.0 Å². The van der Waals surface area contributed by atoms with Crippen LogP contribution >= 0.6 is 0 Å². The summed E-state index contributed by atoms with van der Waals surface area (Å²) in [6.07, 6.45) is 1.67. The number of aromatic carboxylic acids is 1. The van der Waals surface area contributed by atoms with Gasteiger partial charge in [0.2, 0.25) is 0 Å². The average molecular weight is 525 g/mol. The first-order chi connectivity index (χ1) is 18.8. The molecule has 0 atom stereocenters. The number of nitrogens with zero attached hydrogens (tertiary/aromatic N) is 6. The van der Waals surface area contributed by atoms with Crippen molar-refractivity contribution >= 4 is 16.9 Å². The van der Waals surface area contributed by atoms with Gasteiger partial charge < -0.3 is 5.11 Å². The van der Waals surface area contributed by atoms with Gasteiger partial charge in [0.25, 0.3) is 5.56 Å². The molecule has 3 aromatic carbocycles. The van der Waals surface area contributed by atoms with E-state index in [9.17, 15) is 18.4 Å². The minimum Gasteiger partial charge on any atom is -0.478 e. The Morgan fingerprint density at radius 3 is 2.44 bits per heavy atom. The fraction of sp³-hybridized carbons (Fsp3) is 0.0370. The van der Waals surface area contributed by atoms with Crippen LogP contribution in [0.3, 0.4) is 0 Å². The van der Waals surface area contributed by atoms with Crippen LogP contribution in [0.15, 0.2) is 83.8 Å². The monoisotopic (exact) mass is 525 g/mol. The zero-order chi connectivity index (χ0) is 27.1. The van der Waals surface area contributed by atoms with Gasteiger partial charge in [-0.3, -0.25) is 9.89 Å². The number of rotatable bonds is 6. The van der Waals surface area contributed by atoms with Gasteiger partial charge in [-0.1, -0.05) is 11.3 Å². The quantitative estimate of drug-likeness (QED) is 0.335. The minimum atomic E-state index is -1.02. The Labute approximate surface area is 217 Å². The molecule has 3 aromatic heterocycles. The molecule has 2 N–H and O–H groups in total. The Bertz CT molecular complexity index is 1910. The molecule has 0 aliphatic rings. The first kappa shape index (κ1) is 23.9. The minimum absolute atomic E-state index is 0.105. The Kier molecular flexibility index (Phi) is 5.76. The molecule has 0 radical (unpaired) electrons. The molecular weight excluding hydrogens is 508 g/mol. The van der Waals surface area contributed by atoms with Crippen molar-refractivity contribution in [2.75, 3.05) is 0 Å². The molecule has 10 nitrogen and oxygen atoms in total. The first-order valence-electron chi connectivity index (χ1n) is 11.6. The molecular formula is C27H17F2N7O3. The highest BCUT2D eigenvalue weighted by Gasteiger charge is 2.15. The molecule has 0 saturated heterocycles. The van der Waals surface area contributed by atoms with Crippen LogP contribution in [-0.2, 0) is 6.54 Å². The van der Waals surface area contributed by atoms with Crippen LogP contribution in [0.2, 0.25) is 0 Å². The first-order valence-corrected chi connectivity index (χ1v) is 11.6. The van der Waals surface area contributed by atoms with Gasteiger partial charge in [-0.2, -0.15) is 10.2 Å². The van der Waals surface area contributed by atoms with Gasteiger partial charge >= 0.3 is 5.97 Å². The Morgan fingerprint density at radius 1 is 0.923 bits per heavy atom. The number of aromatic amines is 1. The van der Waals surface area contributed by atoms with E-state index < -0.39 is 17.6 Å². The van der Waals surface area contributed by atoms with Crippen LogP contribution < -0.4 is 5.56 Å². The number of nitrogens with one attached hydrogen (secondary N) is 1. The summed E-state index contributed by atoms with van der Waals surface area (Å²) in [5, 5.41) is 29.8. The molecule has 0 spiro atoms. The Balaban J connectivity index is 1.31. The van der Waals surface area contributed by atoms with Crippen molar-refractivity contribution in [3.05, 3.63) is 112 Å². The average Bonchev–Trinajstić information content (AvgIpc) is 3.56. The highest BCUT2D eigenvalue weighted by molar-refractivity contribution is 5.92. The van der Waals surface area contributed by atoms with E-state index in [1.165, 1.54) is 33.6 Å². The fourth-order valence-corrected chi connectivity index (χ4v) is 4.20. The third-order valence-electron chi connectivity index (χ3n) is 6.10. The van der Waals surface area contributed by atoms with Crippen molar-refractivity contribution in [2.45, 2.75) is 6.54 Å². The van der Waals surface area contributed by atoms with E-state index in [2.05, 4.69) is 25.6 Å². The van der Waals surface area contributed by atoms with E-state index in [1.807, 2.05) is 18.2 Å². The number of carboxylic acid groups (broad SMARTS) is 1. The van der Waals surface area contributed by atoms with Gasteiger partial charge in [0, 0.05) is 23.1 Å². The Hall–Kier alpha value is -5.52. The third kappa shape index (κ3) is 4.66. The van der Waals surface area contributed by atoms with Gasteiger partial charge in [-0.15, -0.1) is 5.10 Å². The van der Waals surface area contributed by atoms with Crippen molar-refractivity contribution in [2.24, 2.45) is 0 Å². The summed E-state index contributed by atoms with van der Waals surface area (Å²) in [6, 6.07) is 17.5. The van der Waals surface area contributed by atoms with Crippen molar-refractivity contribution in [1.82, 2.24) is 35.0 Å². The lowest BCUT2D eigenvalue weighted by molar-refractivity contribution is 0.0697. The summed E-state index contributed by atoms with van der Waals surface area (Å²) in [6.45, 7) is 0.105. The van der Waals surface area contributed by atoms with Crippen molar-refractivity contribution < 1.29 is 18.7 Å². The maximum Gasteiger partial charge on any atom is 0.335 e. The van der Waals surface area contributed by atoms with Gasteiger partial charge in [-0.25, -0.2) is 22.9 Å². The van der Waals surface area contributed by atoms with Crippen LogP contribution in [-0.4, -0.2) is 46.0 Å². The molecule has 0 amide bonds. The van der Waals surface area contributed by atoms with Gasteiger partial charge in [0.05, 0.1) is 35.2 Å². The van der Waals surface area contributed by atoms with Gasteiger partial charge in [-0.05, 0) is 60.2 Å². The van der Waals surface area contributed by atoms with Crippen LogP contribution in [0.4, 0.5) is 8.78 Å². The number of benzene rings is 3. The number of aromatic nitrogens is 7. The van der Waals surface area contributed by atoms with Gasteiger partial charge in [0.15, 0.2) is 0 Å². The predicted molar refractivity (Wildman–Crippen MR) is 136 cm³/mol. The summed E-state index contributed by atoms with van der Waals surface area (Å²) in [4.78, 5) is 23.6. The zero-order valence-electron chi connectivity index (χ0n) is 19.9. The number of fused-ring (bicyclic) bond motifs is 1. The largest absolute Gasteiger partial charge is 0.478 e. The van der Waals surface area contributed by atoms with Crippen LogP contribution in [0.5, 0.6) is 0 Å². The number of H-pyrrole nitrogens is 1. The summed E-state index contributed by atoms with van der Waals surface area (Å²) < 4.78 is 30.1. The number of hydrogen-bond acceptors (Lipinski definition) is 6. The smallest absolute Gasteiger partial charge is 0.335 e. The standard InChI is InChI=1S/C27H17F2N7O3/c28-18-10-17(11-19(29)12-18)22-7-8-25(37)36(33-22)13-15-1-6-23-21(9-15)26(32-30-23)24-14-35(34-31-24)20-4-2-16(3-5-20)27(38)39/h1-12,14H,13H2,(H,30,32)(H,38,39). The highest BCUT2D eigenvalue weighted by atomic mass is 19.1. The highest BCUT2D eigenvalue weighted by Crippen LogP contribution is 2.26. The molecule has 39 heavy (non-hydrogen) atoms. The normalized spacial score (nSPS) is 11.2. The molecule has 0 unspecified atom stereocenters. The lowest BCUT2D eigenvalue weighted by Gasteiger charge is -2.08. The van der Waals surface area contributed by atoms with Crippen LogP contribution in [0.1, 0.15) is 15.9 Å². The second kappa shape index (κ2) is 9.41. The van der Waals surface area contributed by atoms with E-state index in [-0.39, 0.29) is 28.9 Å². The number of carbonyl (C=O) groups is 1. The molecule has 3 heterocycles. The topological polar surface area (TPSA) is 132 Å². The molecule has 0 aliphatic heterocycles. The lowest BCUT2D eigenvalue weighted by Crippen LogP contribution is -2.22. The second-order valence-electron chi connectivity index (χ2n) is 8.73. The molecule has 0 fully saturated rings. The summed E-state index contributed by atoms with van der Waals surface area (Å²) in [5.74, 6) is -2.50.